The maximum absolute atomic E-state index is 11.4. The first-order chi connectivity index (χ1) is 7.70. The Hall–Kier alpha value is -1.42. The van der Waals surface area contributed by atoms with Gasteiger partial charge in [-0.3, -0.25) is 0 Å². The quantitative estimate of drug-likeness (QED) is 0.603. The highest BCUT2D eigenvalue weighted by atomic mass is 32.1. The third-order valence-electron chi connectivity index (χ3n) is 2.34. The van der Waals surface area contributed by atoms with E-state index in [1.54, 1.807) is 11.3 Å². The molecular formula is C12H14NO2S+. The fraction of sp³-hybridized carbons (Fsp3) is 0.333. The van der Waals surface area contributed by atoms with Crippen LogP contribution in [0.15, 0.2) is 23.7 Å². The number of carbonyl (C=O) groups is 1. The van der Waals surface area contributed by atoms with E-state index >= 15 is 0 Å². The first-order valence-corrected chi connectivity index (χ1v) is 6.11. The lowest BCUT2D eigenvalue weighted by molar-refractivity contribution is -0.655. The van der Waals surface area contributed by atoms with Gasteiger partial charge in [-0.05, 0) is 25.5 Å². The van der Waals surface area contributed by atoms with Gasteiger partial charge < -0.3 is 4.74 Å². The van der Waals surface area contributed by atoms with Crippen molar-refractivity contribution < 1.29 is 14.1 Å². The molecule has 0 saturated heterocycles. The number of fused-ring (bicyclic) bond motifs is 1. The number of ether oxygens (including phenoxy) is 1. The zero-order valence-electron chi connectivity index (χ0n) is 9.40. The summed E-state index contributed by atoms with van der Waals surface area (Å²) in [6.45, 7) is 4.60. The molecule has 0 aliphatic heterocycles. The number of aryl methyl sites for hydroxylation is 1. The zero-order valence-corrected chi connectivity index (χ0v) is 10.2. The molecule has 0 unspecified atom stereocenters. The predicted molar refractivity (Wildman–Crippen MR) is 63.4 cm³/mol. The Labute approximate surface area is 98.3 Å². The number of aromatic nitrogens is 1. The topological polar surface area (TPSA) is 30.2 Å². The second-order valence-corrected chi connectivity index (χ2v) is 4.51. The number of carbonyl (C=O) groups excluding carboxylic acids is 1. The number of esters is 1. The summed E-state index contributed by atoms with van der Waals surface area (Å²) in [5, 5.41) is 0. The van der Waals surface area contributed by atoms with E-state index in [0.717, 1.165) is 5.52 Å². The Kier molecular flexibility index (Phi) is 3.19. The van der Waals surface area contributed by atoms with E-state index in [9.17, 15) is 4.79 Å². The first kappa shape index (κ1) is 11.1. The number of nitrogens with zero attached hydrogens (tertiary/aromatic N) is 1. The van der Waals surface area contributed by atoms with E-state index in [1.807, 2.05) is 23.1 Å². The minimum absolute atomic E-state index is 0.187. The van der Waals surface area contributed by atoms with E-state index in [-0.39, 0.29) is 12.5 Å². The number of rotatable bonds is 3. The lowest BCUT2D eigenvalue weighted by Gasteiger charge is -1.97. The molecule has 1 heterocycles. The molecule has 0 aliphatic carbocycles. The van der Waals surface area contributed by atoms with Gasteiger partial charge in [-0.2, -0.15) is 4.57 Å². The zero-order chi connectivity index (χ0) is 11.5. The van der Waals surface area contributed by atoms with Crippen LogP contribution in [0.3, 0.4) is 0 Å². The number of thiazole rings is 1. The molecule has 0 saturated carbocycles. The van der Waals surface area contributed by atoms with Gasteiger partial charge in [-0.1, -0.05) is 17.4 Å². The van der Waals surface area contributed by atoms with E-state index < -0.39 is 0 Å². The van der Waals surface area contributed by atoms with E-state index in [0.29, 0.717) is 6.61 Å². The molecule has 0 radical (unpaired) electrons. The molecule has 0 fully saturated rings. The van der Waals surface area contributed by atoms with Gasteiger partial charge in [0.05, 0.1) is 6.61 Å². The molecule has 0 amide bonds. The average Bonchev–Trinajstić information content (AvgIpc) is 2.61. The van der Waals surface area contributed by atoms with Gasteiger partial charge in [0.15, 0.2) is 0 Å². The molecule has 2 aromatic rings. The third-order valence-corrected chi connectivity index (χ3v) is 3.28. The van der Waals surface area contributed by atoms with E-state index in [4.69, 9.17) is 4.74 Å². The lowest BCUT2D eigenvalue weighted by atomic mass is 10.2. The summed E-state index contributed by atoms with van der Waals surface area (Å²) in [6, 6.07) is 6.22. The maximum Gasteiger partial charge on any atom is 0.372 e. The fourth-order valence-corrected chi connectivity index (χ4v) is 2.59. The molecule has 0 N–H and O–H groups in total. The van der Waals surface area contributed by atoms with Crippen LogP contribution in [0.2, 0.25) is 0 Å². The van der Waals surface area contributed by atoms with Crippen LogP contribution in [0.25, 0.3) is 10.2 Å². The molecule has 16 heavy (non-hydrogen) atoms. The molecule has 0 spiro atoms. The van der Waals surface area contributed by atoms with Crippen LogP contribution in [-0.4, -0.2) is 12.6 Å². The van der Waals surface area contributed by atoms with Crippen LogP contribution < -0.4 is 4.57 Å². The summed E-state index contributed by atoms with van der Waals surface area (Å²) < 4.78 is 8.06. The molecule has 0 aliphatic rings. The van der Waals surface area contributed by atoms with Gasteiger partial charge in [-0.25, -0.2) is 4.79 Å². The standard InChI is InChI=1S/C12H14NO2S/c1-3-15-12(14)7-13-8-16-11-6-9(2)4-5-10(11)13/h4-6,8H,3,7H2,1-2H3/q+1. The summed E-state index contributed by atoms with van der Waals surface area (Å²) >= 11 is 1.64. The van der Waals surface area contributed by atoms with Crippen LogP contribution in [0, 0.1) is 6.92 Å². The summed E-state index contributed by atoms with van der Waals surface area (Å²) in [4.78, 5) is 11.4. The van der Waals surface area contributed by atoms with Crippen molar-refractivity contribution in [2.75, 3.05) is 6.61 Å². The van der Waals surface area contributed by atoms with Crippen molar-refractivity contribution in [3.05, 3.63) is 29.3 Å². The Morgan fingerprint density at radius 3 is 3.06 bits per heavy atom. The second-order valence-electron chi connectivity index (χ2n) is 3.63. The van der Waals surface area contributed by atoms with Crippen molar-refractivity contribution in [1.82, 2.24) is 0 Å². The first-order valence-electron chi connectivity index (χ1n) is 5.23. The van der Waals surface area contributed by atoms with Crippen LogP contribution in [0.5, 0.6) is 0 Å². The lowest BCUT2D eigenvalue weighted by Crippen LogP contribution is -2.37. The third kappa shape index (κ3) is 2.22. The molecule has 4 heteroatoms. The highest BCUT2D eigenvalue weighted by Crippen LogP contribution is 2.17. The number of hydrogen-bond acceptors (Lipinski definition) is 3. The van der Waals surface area contributed by atoms with Crippen LogP contribution in [0.4, 0.5) is 0 Å². The Balaban J connectivity index is 2.28. The van der Waals surface area contributed by atoms with Crippen molar-refractivity contribution in [2.24, 2.45) is 0 Å². The van der Waals surface area contributed by atoms with Crippen LogP contribution in [-0.2, 0) is 16.1 Å². The van der Waals surface area contributed by atoms with Crippen molar-refractivity contribution in [2.45, 2.75) is 20.4 Å². The summed E-state index contributed by atoms with van der Waals surface area (Å²) in [5.41, 5.74) is 4.28. The van der Waals surface area contributed by atoms with Gasteiger partial charge in [-0.15, -0.1) is 0 Å². The smallest absolute Gasteiger partial charge is 0.372 e. The molecule has 1 aromatic heterocycles. The van der Waals surface area contributed by atoms with E-state index in [2.05, 4.69) is 19.1 Å². The number of benzene rings is 1. The molecule has 84 valence electrons. The monoisotopic (exact) mass is 236 g/mol. The summed E-state index contributed by atoms with van der Waals surface area (Å²) in [6.07, 6.45) is 0. The minimum Gasteiger partial charge on any atom is -0.461 e. The molecule has 0 bridgehead atoms. The van der Waals surface area contributed by atoms with Crippen molar-refractivity contribution in [3.63, 3.8) is 0 Å². The second kappa shape index (κ2) is 4.61. The highest BCUT2D eigenvalue weighted by molar-refractivity contribution is 7.16. The Morgan fingerprint density at radius 1 is 1.50 bits per heavy atom. The molecule has 0 atom stereocenters. The van der Waals surface area contributed by atoms with Gasteiger partial charge in [0, 0.05) is 6.07 Å². The van der Waals surface area contributed by atoms with Gasteiger partial charge in [0.25, 0.3) is 0 Å². The van der Waals surface area contributed by atoms with Crippen molar-refractivity contribution in [1.29, 1.82) is 0 Å². The SMILES string of the molecule is CCOC(=O)C[n+]1csc2cc(C)ccc21. The Bertz CT molecular complexity index is 519. The number of hydrogen-bond donors (Lipinski definition) is 0. The van der Waals surface area contributed by atoms with Gasteiger partial charge in [0.1, 0.15) is 4.70 Å². The Morgan fingerprint density at radius 2 is 2.31 bits per heavy atom. The van der Waals surface area contributed by atoms with Gasteiger partial charge in [0.2, 0.25) is 17.6 Å². The summed E-state index contributed by atoms with van der Waals surface area (Å²) in [5.74, 6) is -0.187. The van der Waals surface area contributed by atoms with Crippen LogP contribution in [0.1, 0.15) is 12.5 Å². The summed E-state index contributed by atoms with van der Waals surface area (Å²) in [7, 11) is 0. The molecule has 2 rings (SSSR count). The average molecular weight is 236 g/mol. The minimum atomic E-state index is -0.187. The van der Waals surface area contributed by atoms with Crippen LogP contribution >= 0.6 is 11.3 Å². The maximum atomic E-state index is 11.4. The fourth-order valence-electron chi connectivity index (χ4n) is 1.60. The van der Waals surface area contributed by atoms with Crippen molar-refractivity contribution >= 4 is 27.5 Å². The van der Waals surface area contributed by atoms with E-state index in [1.165, 1.54) is 10.3 Å². The predicted octanol–water partition coefficient (Wildman–Crippen LogP) is 2.06. The normalized spacial score (nSPS) is 10.6. The highest BCUT2D eigenvalue weighted by Gasteiger charge is 2.16. The molecule has 1 aromatic carbocycles. The molecule has 3 nitrogen and oxygen atoms in total. The van der Waals surface area contributed by atoms with Gasteiger partial charge >= 0.3 is 5.97 Å². The van der Waals surface area contributed by atoms with Crippen molar-refractivity contribution in [3.8, 4) is 0 Å². The largest absolute Gasteiger partial charge is 0.461 e. The molecular weight excluding hydrogens is 222 g/mol.